The summed E-state index contributed by atoms with van der Waals surface area (Å²) in [6.07, 6.45) is -0.914. The smallest absolute Gasteiger partial charge is 0.338 e. The number of nitrogens with zero attached hydrogens (tertiary/aromatic N) is 3. The average Bonchev–Trinajstić information content (AvgIpc) is 2.83. The molecule has 1 unspecified atom stereocenters. The number of hydrogen-bond acceptors (Lipinski definition) is 6. The molecule has 8 nitrogen and oxygen atoms in total. The van der Waals surface area contributed by atoms with Gasteiger partial charge in [-0.25, -0.2) is 13.2 Å². The van der Waals surface area contributed by atoms with E-state index < -0.39 is 22.1 Å². The Labute approximate surface area is 189 Å². The van der Waals surface area contributed by atoms with Crippen LogP contribution in [0, 0.1) is 0 Å². The minimum atomic E-state index is -3.78. The van der Waals surface area contributed by atoms with Crippen molar-refractivity contribution in [1.82, 2.24) is 9.80 Å². The van der Waals surface area contributed by atoms with Crippen molar-refractivity contribution in [1.29, 1.82) is 0 Å². The van der Waals surface area contributed by atoms with Crippen LogP contribution in [0.2, 0.25) is 0 Å². The number of hydrogen-bond donors (Lipinski definition) is 0. The van der Waals surface area contributed by atoms with Crippen LogP contribution in [0.4, 0.5) is 5.69 Å². The normalized spacial score (nSPS) is 15.8. The molecule has 2 aromatic rings. The van der Waals surface area contributed by atoms with Crippen LogP contribution in [0.3, 0.4) is 0 Å². The summed E-state index contributed by atoms with van der Waals surface area (Å²) in [5.41, 5.74) is 0.713. The zero-order chi connectivity index (χ0) is 23.3. The first-order chi connectivity index (χ1) is 15.2. The van der Waals surface area contributed by atoms with Crippen LogP contribution in [-0.2, 0) is 19.6 Å². The second kappa shape index (κ2) is 10.1. The second-order valence-electron chi connectivity index (χ2n) is 7.64. The number of benzene rings is 2. The minimum absolute atomic E-state index is 0.0540. The van der Waals surface area contributed by atoms with E-state index in [0.717, 1.165) is 19.6 Å². The van der Waals surface area contributed by atoms with E-state index in [1.54, 1.807) is 42.2 Å². The van der Waals surface area contributed by atoms with Crippen LogP contribution in [0.5, 0.6) is 0 Å². The van der Waals surface area contributed by atoms with Crippen LogP contribution in [0.15, 0.2) is 59.5 Å². The van der Waals surface area contributed by atoms with E-state index in [0.29, 0.717) is 18.8 Å². The number of sulfonamides is 1. The molecule has 0 spiro atoms. The fourth-order valence-electron chi connectivity index (χ4n) is 3.52. The molecule has 1 atom stereocenters. The molecule has 2 aromatic carbocycles. The summed E-state index contributed by atoms with van der Waals surface area (Å²) in [5.74, 6) is -0.892. The first-order valence-corrected chi connectivity index (χ1v) is 12.0. The van der Waals surface area contributed by atoms with Crippen molar-refractivity contribution < 1.29 is 22.7 Å². The third kappa shape index (κ3) is 5.28. The predicted octanol–water partition coefficient (Wildman–Crippen LogP) is 2.22. The van der Waals surface area contributed by atoms with Crippen molar-refractivity contribution in [2.75, 3.05) is 44.1 Å². The molecule has 172 valence electrons. The van der Waals surface area contributed by atoms with Crippen molar-refractivity contribution in [3.8, 4) is 0 Å². The van der Waals surface area contributed by atoms with Crippen molar-refractivity contribution in [3.63, 3.8) is 0 Å². The largest absolute Gasteiger partial charge is 0.449 e. The minimum Gasteiger partial charge on any atom is -0.449 e. The highest BCUT2D eigenvalue weighted by atomic mass is 32.2. The quantitative estimate of drug-likeness (QED) is 0.590. The lowest BCUT2D eigenvalue weighted by molar-refractivity contribution is -0.141. The molecule has 1 aliphatic rings. The Morgan fingerprint density at radius 1 is 1.00 bits per heavy atom. The first kappa shape index (κ1) is 23.7. The number of esters is 1. The van der Waals surface area contributed by atoms with Gasteiger partial charge in [0.1, 0.15) is 0 Å². The predicted molar refractivity (Wildman–Crippen MR) is 122 cm³/mol. The van der Waals surface area contributed by atoms with Gasteiger partial charge in [0.25, 0.3) is 15.9 Å². The Balaban J connectivity index is 1.63. The number of likely N-dealkylation sites (N-methyl/N-ethyl adjacent to an activating group) is 1. The number of carbonyl (C=O) groups is 2. The van der Waals surface area contributed by atoms with Gasteiger partial charge in [-0.15, -0.1) is 0 Å². The summed E-state index contributed by atoms with van der Waals surface area (Å²) in [5, 5.41) is 0. The second-order valence-corrected chi connectivity index (χ2v) is 9.61. The van der Waals surface area contributed by atoms with Gasteiger partial charge in [-0.1, -0.05) is 25.1 Å². The van der Waals surface area contributed by atoms with Crippen molar-refractivity contribution in [2.45, 2.75) is 24.8 Å². The fraction of sp³-hybridized carbons (Fsp3) is 0.391. The first-order valence-electron chi connectivity index (χ1n) is 10.6. The SMILES string of the molecule is CCN1CCN(C(=O)C(C)OC(=O)c2ccc(S(=O)(=O)N(C)c3ccccc3)cc2)CC1. The Morgan fingerprint density at radius 3 is 2.16 bits per heavy atom. The number of rotatable bonds is 7. The summed E-state index contributed by atoms with van der Waals surface area (Å²) in [6.45, 7) is 7.40. The average molecular weight is 460 g/mol. The van der Waals surface area contributed by atoms with Gasteiger partial charge in [0.2, 0.25) is 0 Å². The van der Waals surface area contributed by atoms with E-state index in [2.05, 4.69) is 11.8 Å². The molecule has 1 saturated heterocycles. The lowest BCUT2D eigenvalue weighted by Crippen LogP contribution is -2.51. The molecule has 3 rings (SSSR count). The van der Waals surface area contributed by atoms with Crippen LogP contribution >= 0.6 is 0 Å². The zero-order valence-corrected chi connectivity index (χ0v) is 19.4. The van der Waals surface area contributed by atoms with Gasteiger partial charge in [0.15, 0.2) is 6.10 Å². The monoisotopic (exact) mass is 459 g/mol. The highest BCUT2D eigenvalue weighted by Gasteiger charge is 2.27. The van der Waals surface area contributed by atoms with E-state index in [1.807, 2.05) is 0 Å². The fourth-order valence-corrected chi connectivity index (χ4v) is 4.71. The number of para-hydroxylation sites is 1. The Kier molecular flexibility index (Phi) is 7.52. The van der Waals surface area contributed by atoms with Gasteiger partial charge in [-0.2, -0.15) is 0 Å². The lowest BCUT2D eigenvalue weighted by Gasteiger charge is -2.35. The summed E-state index contributed by atoms with van der Waals surface area (Å²) >= 11 is 0. The zero-order valence-electron chi connectivity index (χ0n) is 18.6. The van der Waals surface area contributed by atoms with E-state index in [9.17, 15) is 18.0 Å². The molecule has 0 radical (unpaired) electrons. The number of carbonyl (C=O) groups excluding carboxylic acids is 2. The molecule has 0 aromatic heterocycles. The number of amides is 1. The summed E-state index contributed by atoms with van der Waals surface area (Å²) in [7, 11) is -2.30. The maximum absolute atomic E-state index is 12.9. The molecule has 1 fully saturated rings. The van der Waals surface area contributed by atoms with Crippen LogP contribution in [-0.4, -0.2) is 76.0 Å². The van der Waals surface area contributed by atoms with E-state index in [4.69, 9.17) is 4.74 Å². The summed E-state index contributed by atoms with van der Waals surface area (Å²) in [4.78, 5) is 29.1. The third-order valence-electron chi connectivity index (χ3n) is 5.63. The molecule has 1 amide bonds. The molecule has 0 N–H and O–H groups in total. The van der Waals surface area contributed by atoms with Gasteiger partial charge >= 0.3 is 5.97 Å². The highest BCUT2D eigenvalue weighted by Crippen LogP contribution is 2.22. The molecular formula is C23H29N3O5S. The maximum atomic E-state index is 12.9. The van der Waals surface area contributed by atoms with Gasteiger partial charge in [-0.05, 0) is 49.9 Å². The van der Waals surface area contributed by atoms with Gasteiger partial charge in [0, 0.05) is 33.2 Å². The molecule has 0 saturated carbocycles. The van der Waals surface area contributed by atoms with E-state index in [-0.39, 0.29) is 16.4 Å². The Hall–Kier alpha value is -2.91. The topological polar surface area (TPSA) is 87.2 Å². The molecule has 0 aliphatic carbocycles. The third-order valence-corrected chi connectivity index (χ3v) is 7.43. The van der Waals surface area contributed by atoms with Gasteiger partial charge in [-0.3, -0.25) is 9.10 Å². The van der Waals surface area contributed by atoms with Crippen molar-refractivity contribution in [3.05, 3.63) is 60.2 Å². The molecule has 0 bridgehead atoms. The van der Waals surface area contributed by atoms with Crippen molar-refractivity contribution >= 4 is 27.6 Å². The maximum Gasteiger partial charge on any atom is 0.338 e. The van der Waals surface area contributed by atoms with Crippen LogP contribution < -0.4 is 4.31 Å². The standard InChI is InChI=1S/C23H29N3O5S/c1-4-25-14-16-26(17-15-25)22(27)18(2)31-23(28)19-10-12-21(13-11-19)32(29,30)24(3)20-8-6-5-7-9-20/h5-13,18H,4,14-17H2,1-3H3. The molecule has 9 heteroatoms. The highest BCUT2D eigenvalue weighted by molar-refractivity contribution is 7.92. The van der Waals surface area contributed by atoms with E-state index in [1.165, 1.54) is 35.6 Å². The summed E-state index contributed by atoms with van der Waals surface area (Å²) in [6, 6.07) is 14.2. The van der Waals surface area contributed by atoms with Crippen LogP contribution in [0.25, 0.3) is 0 Å². The Bertz CT molecular complexity index is 1030. The molecule has 32 heavy (non-hydrogen) atoms. The summed E-state index contributed by atoms with van der Waals surface area (Å²) < 4.78 is 32.2. The molecule has 1 aliphatic heterocycles. The number of ether oxygens (including phenoxy) is 1. The van der Waals surface area contributed by atoms with Crippen molar-refractivity contribution in [2.24, 2.45) is 0 Å². The van der Waals surface area contributed by atoms with E-state index >= 15 is 0 Å². The van der Waals surface area contributed by atoms with Gasteiger partial charge < -0.3 is 14.5 Å². The molecule has 1 heterocycles. The molecular weight excluding hydrogens is 430 g/mol. The van der Waals surface area contributed by atoms with Gasteiger partial charge in [0.05, 0.1) is 16.1 Å². The Morgan fingerprint density at radius 2 is 1.59 bits per heavy atom. The number of piperazine rings is 1. The lowest BCUT2D eigenvalue weighted by atomic mass is 10.2. The van der Waals surface area contributed by atoms with Crippen LogP contribution in [0.1, 0.15) is 24.2 Å². The number of anilines is 1.